The van der Waals surface area contributed by atoms with E-state index in [1.165, 1.54) is 0 Å². The van der Waals surface area contributed by atoms with E-state index in [0.717, 1.165) is 71.6 Å². The van der Waals surface area contributed by atoms with E-state index in [1.807, 2.05) is 97.1 Å². The van der Waals surface area contributed by atoms with Crippen LogP contribution in [0, 0.1) is 0 Å². The van der Waals surface area contributed by atoms with E-state index in [0.29, 0.717) is 28.9 Å². The number of benzene rings is 7. The van der Waals surface area contributed by atoms with Crippen molar-refractivity contribution < 1.29 is 8.83 Å². The van der Waals surface area contributed by atoms with Crippen LogP contribution in [-0.4, -0.2) is 19.9 Å². The summed E-state index contributed by atoms with van der Waals surface area (Å²) >= 11 is 0. The van der Waals surface area contributed by atoms with Gasteiger partial charge in [-0.3, -0.25) is 0 Å². The molecule has 7 aromatic carbocycles. The topological polar surface area (TPSA) is 77.8 Å². The Morgan fingerprint density at radius 3 is 1.56 bits per heavy atom. The van der Waals surface area contributed by atoms with Crippen molar-refractivity contribution in [3.8, 4) is 56.7 Å². The van der Waals surface area contributed by atoms with Gasteiger partial charge in [-0.05, 0) is 58.3 Å². The molecule has 234 valence electrons. The molecule has 6 heteroatoms. The van der Waals surface area contributed by atoms with Gasteiger partial charge in [0.25, 0.3) is 0 Å². The van der Waals surface area contributed by atoms with Gasteiger partial charge in [0.15, 0.2) is 23.1 Å². The van der Waals surface area contributed by atoms with Crippen LogP contribution >= 0.6 is 0 Å². The summed E-state index contributed by atoms with van der Waals surface area (Å²) in [6.07, 6.45) is 0. The van der Waals surface area contributed by atoms with Gasteiger partial charge in [0.1, 0.15) is 16.7 Å². The molecule has 0 amide bonds. The molecular formula is C44H26N4O2. The van der Waals surface area contributed by atoms with Crippen LogP contribution in [0.2, 0.25) is 0 Å². The molecule has 10 rings (SSSR count). The van der Waals surface area contributed by atoms with Crippen molar-refractivity contribution in [3.05, 3.63) is 158 Å². The molecule has 0 aliphatic heterocycles. The summed E-state index contributed by atoms with van der Waals surface area (Å²) in [6, 6.07) is 53.1. The van der Waals surface area contributed by atoms with Crippen LogP contribution in [0.25, 0.3) is 101 Å². The molecule has 0 saturated carbocycles. The van der Waals surface area contributed by atoms with E-state index in [-0.39, 0.29) is 0 Å². The van der Waals surface area contributed by atoms with E-state index in [4.69, 9.17) is 28.8 Å². The second kappa shape index (κ2) is 11.4. The number of nitrogens with zero attached hydrogens (tertiary/aromatic N) is 4. The van der Waals surface area contributed by atoms with Crippen molar-refractivity contribution in [1.29, 1.82) is 0 Å². The van der Waals surface area contributed by atoms with Gasteiger partial charge in [-0.25, -0.2) is 19.9 Å². The molecule has 0 radical (unpaired) electrons. The zero-order chi connectivity index (χ0) is 33.0. The van der Waals surface area contributed by atoms with Crippen LogP contribution in [0.5, 0.6) is 0 Å². The molecule has 50 heavy (non-hydrogen) atoms. The normalized spacial score (nSPS) is 11.6. The Morgan fingerprint density at radius 1 is 0.360 bits per heavy atom. The maximum atomic E-state index is 6.46. The highest BCUT2D eigenvalue weighted by atomic mass is 16.4. The Morgan fingerprint density at radius 2 is 0.860 bits per heavy atom. The SMILES string of the molecule is c1ccc(-c2ccc(-c3nc(-c4ccccc4)nc(-c4ccc5ccc6oc7ccc8nc(-c9ccccc9)oc8c7c6c5c4)n3)cc2)cc1. The Labute approximate surface area is 286 Å². The second-order valence-corrected chi connectivity index (χ2v) is 12.3. The molecule has 6 nitrogen and oxygen atoms in total. The average Bonchev–Trinajstić information content (AvgIpc) is 3.81. The number of furan rings is 1. The molecule has 0 saturated heterocycles. The third kappa shape index (κ3) is 4.73. The molecule has 0 N–H and O–H groups in total. The third-order valence-electron chi connectivity index (χ3n) is 9.17. The Hall–Kier alpha value is -6.92. The molecular weight excluding hydrogens is 617 g/mol. The van der Waals surface area contributed by atoms with Crippen LogP contribution in [0.1, 0.15) is 0 Å². The van der Waals surface area contributed by atoms with Crippen molar-refractivity contribution in [2.45, 2.75) is 0 Å². The van der Waals surface area contributed by atoms with E-state index in [2.05, 4.69) is 60.7 Å². The second-order valence-electron chi connectivity index (χ2n) is 12.3. The zero-order valence-corrected chi connectivity index (χ0v) is 26.6. The Kier molecular flexibility index (Phi) is 6.39. The molecule has 0 atom stereocenters. The standard InChI is InChI=1S/C44H26N4O2/c1-4-10-27(11-5-1)28-16-19-31(20-17-28)42-46-41(30-12-6-2-7-13-30)47-43(48-42)33-21-18-29-22-24-36-38(34(29)26-33)39-37(49-36)25-23-35-40(39)50-44(45-35)32-14-8-3-9-15-32/h1-26H. The number of aromatic nitrogens is 4. The predicted molar refractivity (Wildman–Crippen MR) is 199 cm³/mol. The molecule has 0 aliphatic rings. The first-order chi connectivity index (χ1) is 24.7. The Balaban J connectivity index is 1.16. The van der Waals surface area contributed by atoms with Crippen molar-refractivity contribution in [2.75, 3.05) is 0 Å². The largest absolute Gasteiger partial charge is 0.456 e. The fourth-order valence-electron chi connectivity index (χ4n) is 6.69. The summed E-state index contributed by atoms with van der Waals surface area (Å²) in [5.41, 5.74) is 8.92. The van der Waals surface area contributed by atoms with Gasteiger partial charge in [-0.1, -0.05) is 121 Å². The lowest BCUT2D eigenvalue weighted by atomic mass is 10.0. The van der Waals surface area contributed by atoms with E-state index >= 15 is 0 Å². The van der Waals surface area contributed by atoms with Gasteiger partial charge in [0, 0.05) is 27.6 Å². The van der Waals surface area contributed by atoms with Gasteiger partial charge >= 0.3 is 0 Å². The van der Waals surface area contributed by atoms with E-state index in [9.17, 15) is 0 Å². The summed E-state index contributed by atoms with van der Waals surface area (Å²) in [5.74, 6) is 2.38. The minimum atomic E-state index is 0.575. The van der Waals surface area contributed by atoms with Crippen molar-refractivity contribution >= 4 is 43.8 Å². The predicted octanol–water partition coefficient (Wildman–Crippen LogP) is 11.4. The first-order valence-electron chi connectivity index (χ1n) is 16.5. The minimum absolute atomic E-state index is 0.575. The van der Waals surface area contributed by atoms with Crippen molar-refractivity contribution in [2.24, 2.45) is 0 Å². The maximum Gasteiger partial charge on any atom is 0.227 e. The first-order valence-corrected chi connectivity index (χ1v) is 16.5. The quantitative estimate of drug-likeness (QED) is 0.186. The van der Waals surface area contributed by atoms with Crippen molar-refractivity contribution in [1.82, 2.24) is 19.9 Å². The zero-order valence-electron chi connectivity index (χ0n) is 26.6. The number of fused-ring (bicyclic) bond motifs is 7. The van der Waals surface area contributed by atoms with Gasteiger partial charge in [0.05, 0.1) is 5.39 Å². The van der Waals surface area contributed by atoms with Crippen LogP contribution in [-0.2, 0) is 0 Å². The average molecular weight is 643 g/mol. The summed E-state index contributed by atoms with van der Waals surface area (Å²) in [6.45, 7) is 0. The fourth-order valence-corrected chi connectivity index (χ4v) is 6.69. The van der Waals surface area contributed by atoms with Gasteiger partial charge in [-0.2, -0.15) is 0 Å². The molecule has 0 unspecified atom stereocenters. The lowest BCUT2D eigenvalue weighted by Crippen LogP contribution is -2.00. The van der Waals surface area contributed by atoms with Gasteiger partial charge in [0.2, 0.25) is 5.89 Å². The summed E-state index contributed by atoms with van der Waals surface area (Å²) in [4.78, 5) is 19.8. The van der Waals surface area contributed by atoms with Crippen molar-refractivity contribution in [3.63, 3.8) is 0 Å². The summed E-state index contributed by atoms with van der Waals surface area (Å²) < 4.78 is 12.9. The summed E-state index contributed by atoms with van der Waals surface area (Å²) in [7, 11) is 0. The van der Waals surface area contributed by atoms with E-state index in [1.54, 1.807) is 0 Å². The van der Waals surface area contributed by atoms with Crippen LogP contribution in [0.3, 0.4) is 0 Å². The lowest BCUT2D eigenvalue weighted by molar-refractivity contribution is 0.622. The number of hydrogen-bond donors (Lipinski definition) is 0. The molecule has 3 heterocycles. The highest BCUT2D eigenvalue weighted by Crippen LogP contribution is 2.41. The van der Waals surface area contributed by atoms with Crippen LogP contribution in [0.4, 0.5) is 0 Å². The first kappa shape index (κ1) is 28.1. The lowest BCUT2D eigenvalue weighted by Gasteiger charge is -2.10. The summed E-state index contributed by atoms with van der Waals surface area (Å²) in [5, 5.41) is 3.95. The smallest absolute Gasteiger partial charge is 0.227 e. The van der Waals surface area contributed by atoms with E-state index < -0.39 is 0 Å². The third-order valence-corrected chi connectivity index (χ3v) is 9.17. The number of rotatable bonds is 5. The van der Waals surface area contributed by atoms with Crippen LogP contribution in [0.15, 0.2) is 167 Å². The highest BCUT2D eigenvalue weighted by Gasteiger charge is 2.20. The van der Waals surface area contributed by atoms with Gasteiger partial charge in [-0.15, -0.1) is 0 Å². The van der Waals surface area contributed by atoms with Gasteiger partial charge < -0.3 is 8.83 Å². The minimum Gasteiger partial charge on any atom is -0.456 e. The highest BCUT2D eigenvalue weighted by molar-refractivity contribution is 6.25. The molecule has 10 aromatic rings. The number of hydrogen-bond acceptors (Lipinski definition) is 6. The number of oxazole rings is 1. The molecule has 0 bridgehead atoms. The fraction of sp³-hybridized carbons (Fsp3) is 0. The van der Waals surface area contributed by atoms with Crippen LogP contribution < -0.4 is 0 Å². The molecule has 0 fully saturated rings. The Bertz CT molecular complexity index is 2840. The monoisotopic (exact) mass is 642 g/mol. The molecule has 0 spiro atoms. The molecule has 0 aliphatic carbocycles. The maximum absolute atomic E-state index is 6.46. The molecule has 3 aromatic heterocycles.